The first-order chi connectivity index (χ1) is 8.20. The van der Waals surface area contributed by atoms with E-state index in [1.165, 1.54) is 31.6 Å². The van der Waals surface area contributed by atoms with Crippen molar-refractivity contribution < 1.29 is 0 Å². The quantitative estimate of drug-likeness (QED) is 0.745. The van der Waals surface area contributed by atoms with Gasteiger partial charge in [0.25, 0.3) is 0 Å². The van der Waals surface area contributed by atoms with E-state index in [9.17, 15) is 0 Å². The van der Waals surface area contributed by atoms with Gasteiger partial charge in [0.05, 0.1) is 6.54 Å². The molecular weight excluding hydrogens is 230 g/mol. The van der Waals surface area contributed by atoms with Crippen molar-refractivity contribution in [2.24, 2.45) is 7.05 Å². The Kier molecular flexibility index (Phi) is 4.51. The van der Waals surface area contributed by atoms with Crippen molar-refractivity contribution in [3.05, 3.63) is 18.2 Å². The summed E-state index contributed by atoms with van der Waals surface area (Å²) < 4.78 is 2.13. The van der Waals surface area contributed by atoms with Crippen molar-refractivity contribution in [3.8, 4) is 0 Å². The number of rotatable bonds is 7. The van der Waals surface area contributed by atoms with Crippen LogP contribution in [0.25, 0.3) is 0 Å². The van der Waals surface area contributed by atoms with E-state index in [2.05, 4.69) is 34.7 Å². The summed E-state index contributed by atoms with van der Waals surface area (Å²) in [6.45, 7) is 4.53. The molecule has 4 heteroatoms. The molecule has 0 aliphatic heterocycles. The predicted octanol–water partition coefficient (Wildman–Crippen LogP) is 2.53. The molecule has 1 aromatic heterocycles. The lowest BCUT2D eigenvalue weighted by molar-refractivity contribution is 0.243. The van der Waals surface area contributed by atoms with Gasteiger partial charge < -0.3 is 4.57 Å². The zero-order valence-corrected chi connectivity index (χ0v) is 11.9. The maximum atomic E-state index is 4.43. The number of imidazole rings is 1. The maximum Gasteiger partial charge on any atom is 0.122 e. The minimum absolute atomic E-state index is 0.762. The Morgan fingerprint density at radius 1 is 1.59 bits per heavy atom. The summed E-state index contributed by atoms with van der Waals surface area (Å²) in [6, 6.07) is 0.820. The summed E-state index contributed by atoms with van der Waals surface area (Å²) in [5, 5.41) is 0.762. The molecule has 2 rings (SSSR count). The molecule has 0 bridgehead atoms. The van der Waals surface area contributed by atoms with E-state index in [1.54, 1.807) is 0 Å². The van der Waals surface area contributed by atoms with Gasteiger partial charge in [-0.25, -0.2) is 4.98 Å². The van der Waals surface area contributed by atoms with Crippen LogP contribution < -0.4 is 0 Å². The molecule has 0 spiro atoms. The van der Waals surface area contributed by atoms with Gasteiger partial charge in [0.1, 0.15) is 5.82 Å². The second-order valence-electron chi connectivity index (χ2n) is 4.99. The largest absolute Gasteiger partial charge is 0.337 e. The lowest BCUT2D eigenvalue weighted by Crippen LogP contribution is -2.29. The lowest BCUT2D eigenvalue weighted by Gasteiger charge is -2.23. The van der Waals surface area contributed by atoms with Crippen LogP contribution in [0.3, 0.4) is 0 Å². The van der Waals surface area contributed by atoms with Gasteiger partial charge in [-0.1, -0.05) is 6.92 Å². The smallest absolute Gasteiger partial charge is 0.122 e. The zero-order chi connectivity index (χ0) is 12.3. The fourth-order valence-corrected chi connectivity index (χ4v) is 2.37. The van der Waals surface area contributed by atoms with E-state index < -0.39 is 0 Å². The molecule has 0 radical (unpaired) electrons. The van der Waals surface area contributed by atoms with Gasteiger partial charge in [-0.05, 0) is 32.1 Å². The van der Waals surface area contributed by atoms with Crippen molar-refractivity contribution in [1.29, 1.82) is 0 Å². The third kappa shape index (κ3) is 3.75. The highest BCUT2D eigenvalue weighted by molar-refractivity contribution is 7.99. The SMILES string of the molecule is CS[C@H](C)CCN(Cc1nccn1C)C1CC1. The maximum absolute atomic E-state index is 4.43. The molecule has 0 unspecified atom stereocenters. The fraction of sp³-hybridized carbons (Fsp3) is 0.769. The van der Waals surface area contributed by atoms with Gasteiger partial charge in [0.15, 0.2) is 0 Å². The highest BCUT2D eigenvalue weighted by Gasteiger charge is 2.29. The Bertz CT molecular complexity index is 346. The van der Waals surface area contributed by atoms with E-state index in [1.807, 2.05) is 24.2 Å². The minimum Gasteiger partial charge on any atom is -0.337 e. The van der Waals surface area contributed by atoms with Crippen LogP contribution in [-0.4, -0.2) is 38.5 Å². The number of thioether (sulfide) groups is 1. The van der Waals surface area contributed by atoms with Crippen LogP contribution in [0.2, 0.25) is 0 Å². The van der Waals surface area contributed by atoms with Crippen LogP contribution in [0.4, 0.5) is 0 Å². The topological polar surface area (TPSA) is 21.1 Å². The Balaban J connectivity index is 1.87. The van der Waals surface area contributed by atoms with E-state index in [4.69, 9.17) is 0 Å². The second kappa shape index (κ2) is 5.91. The Hall–Kier alpha value is -0.480. The minimum atomic E-state index is 0.762. The molecule has 1 aliphatic carbocycles. The van der Waals surface area contributed by atoms with Crippen LogP contribution in [0.1, 0.15) is 32.0 Å². The third-order valence-corrected chi connectivity index (χ3v) is 4.59. The van der Waals surface area contributed by atoms with Crippen molar-refractivity contribution in [3.63, 3.8) is 0 Å². The molecule has 1 atom stereocenters. The first kappa shape index (κ1) is 13.0. The second-order valence-corrected chi connectivity index (χ2v) is 6.27. The number of aryl methyl sites for hydroxylation is 1. The first-order valence-corrected chi connectivity index (χ1v) is 7.72. The molecule has 1 fully saturated rings. The predicted molar refractivity (Wildman–Crippen MR) is 74.2 cm³/mol. The lowest BCUT2D eigenvalue weighted by atomic mass is 10.3. The highest BCUT2D eigenvalue weighted by Crippen LogP contribution is 2.28. The Morgan fingerprint density at radius 2 is 2.35 bits per heavy atom. The van der Waals surface area contributed by atoms with E-state index >= 15 is 0 Å². The molecule has 1 aromatic rings. The number of nitrogens with zero attached hydrogens (tertiary/aromatic N) is 3. The normalized spacial score (nSPS) is 17.6. The highest BCUT2D eigenvalue weighted by atomic mass is 32.2. The number of hydrogen-bond acceptors (Lipinski definition) is 3. The monoisotopic (exact) mass is 253 g/mol. The summed E-state index contributed by atoms with van der Waals surface area (Å²) in [6.07, 6.45) is 10.2. The number of hydrogen-bond donors (Lipinski definition) is 0. The van der Waals surface area contributed by atoms with Crippen LogP contribution in [0.5, 0.6) is 0 Å². The Morgan fingerprint density at radius 3 is 2.88 bits per heavy atom. The van der Waals surface area contributed by atoms with Gasteiger partial charge in [0, 0.05) is 30.7 Å². The van der Waals surface area contributed by atoms with Gasteiger partial charge in [0.2, 0.25) is 0 Å². The molecule has 0 N–H and O–H groups in total. The molecule has 1 heterocycles. The molecule has 0 aromatic carbocycles. The van der Waals surface area contributed by atoms with Crippen molar-refractivity contribution in [1.82, 2.24) is 14.5 Å². The van der Waals surface area contributed by atoms with E-state index in [0.717, 1.165) is 17.8 Å². The number of aromatic nitrogens is 2. The zero-order valence-electron chi connectivity index (χ0n) is 11.1. The summed E-state index contributed by atoms with van der Waals surface area (Å²) in [4.78, 5) is 7.04. The Labute approximate surface area is 109 Å². The molecule has 0 amide bonds. The van der Waals surface area contributed by atoms with Gasteiger partial charge in [-0.2, -0.15) is 11.8 Å². The molecule has 3 nitrogen and oxygen atoms in total. The molecule has 96 valence electrons. The molecule has 0 saturated heterocycles. The molecule has 17 heavy (non-hydrogen) atoms. The standard InChI is InChI=1S/C13H23N3S/c1-11(17-3)6-8-16(12-4-5-12)10-13-14-7-9-15(13)2/h7,9,11-12H,4-6,8,10H2,1-3H3/t11-/m1/s1. The molecular formula is C13H23N3S. The average Bonchev–Trinajstić information content (AvgIpc) is 3.09. The summed E-state index contributed by atoms with van der Waals surface area (Å²) in [5.74, 6) is 1.19. The summed E-state index contributed by atoms with van der Waals surface area (Å²) >= 11 is 1.96. The van der Waals surface area contributed by atoms with Crippen molar-refractivity contribution in [2.45, 2.75) is 44.0 Å². The van der Waals surface area contributed by atoms with Gasteiger partial charge in [-0.15, -0.1) is 0 Å². The van der Waals surface area contributed by atoms with E-state index in [0.29, 0.717) is 0 Å². The van der Waals surface area contributed by atoms with Crippen molar-refractivity contribution >= 4 is 11.8 Å². The van der Waals surface area contributed by atoms with Crippen LogP contribution in [0, 0.1) is 0 Å². The molecule has 1 aliphatic rings. The molecule has 1 saturated carbocycles. The average molecular weight is 253 g/mol. The summed E-state index contributed by atoms with van der Waals surface area (Å²) in [5.41, 5.74) is 0. The van der Waals surface area contributed by atoms with Gasteiger partial charge in [-0.3, -0.25) is 4.90 Å². The van der Waals surface area contributed by atoms with Crippen LogP contribution >= 0.6 is 11.8 Å². The van der Waals surface area contributed by atoms with Crippen LogP contribution in [0.15, 0.2) is 12.4 Å². The van der Waals surface area contributed by atoms with E-state index in [-0.39, 0.29) is 0 Å². The summed E-state index contributed by atoms with van der Waals surface area (Å²) in [7, 11) is 2.08. The van der Waals surface area contributed by atoms with Crippen LogP contribution in [-0.2, 0) is 13.6 Å². The third-order valence-electron chi connectivity index (χ3n) is 3.55. The van der Waals surface area contributed by atoms with Gasteiger partial charge >= 0.3 is 0 Å². The van der Waals surface area contributed by atoms with Crippen molar-refractivity contribution in [2.75, 3.05) is 12.8 Å². The first-order valence-electron chi connectivity index (χ1n) is 6.43. The fourth-order valence-electron chi connectivity index (χ4n) is 2.03.